The van der Waals surface area contributed by atoms with Gasteiger partial charge < -0.3 is 9.29 Å². The third-order valence-electron chi connectivity index (χ3n) is 0.963. The van der Waals surface area contributed by atoms with Gasteiger partial charge in [0, 0.05) is 19.1 Å². The summed E-state index contributed by atoms with van der Waals surface area (Å²) >= 11 is 0. The van der Waals surface area contributed by atoms with Crippen molar-refractivity contribution in [3.63, 3.8) is 0 Å². The van der Waals surface area contributed by atoms with E-state index in [2.05, 4.69) is 16.8 Å². The SMILES string of the molecule is CC(=O)OC#CCCCS(=O)(=O)[O-]. The first-order chi connectivity index (χ1) is 5.92. The summed E-state index contributed by atoms with van der Waals surface area (Å²) in [6.07, 6.45) is 2.44. The molecular formula is C7H9O5S-. The normalized spacial score (nSPS) is 10.0. The van der Waals surface area contributed by atoms with E-state index in [1.165, 1.54) is 6.92 Å². The zero-order valence-corrected chi connectivity index (χ0v) is 7.89. The van der Waals surface area contributed by atoms with Gasteiger partial charge in [-0.25, -0.2) is 8.42 Å². The lowest BCUT2D eigenvalue weighted by Crippen LogP contribution is -2.03. The van der Waals surface area contributed by atoms with Crippen LogP contribution < -0.4 is 0 Å². The van der Waals surface area contributed by atoms with E-state index in [-0.39, 0.29) is 12.8 Å². The fraction of sp³-hybridized carbons (Fsp3) is 0.571. The smallest absolute Gasteiger partial charge is 0.316 e. The lowest BCUT2D eigenvalue weighted by molar-refractivity contribution is -0.134. The molecule has 0 radical (unpaired) electrons. The standard InChI is InChI=1S/C7H10O5S/c1-7(8)12-5-3-2-4-6-13(9,10)11/h2,4,6H2,1H3,(H,9,10,11)/p-1. The van der Waals surface area contributed by atoms with Gasteiger partial charge in [-0.15, -0.1) is 0 Å². The number of ether oxygens (including phenoxy) is 1. The monoisotopic (exact) mass is 205 g/mol. The molecule has 0 saturated heterocycles. The average molecular weight is 205 g/mol. The maximum atomic E-state index is 10.2. The number of hydrogen-bond donors (Lipinski definition) is 0. The van der Waals surface area contributed by atoms with Crippen LogP contribution in [0.2, 0.25) is 0 Å². The Morgan fingerprint density at radius 1 is 1.54 bits per heavy atom. The van der Waals surface area contributed by atoms with Crippen molar-refractivity contribution in [3.05, 3.63) is 0 Å². The molecule has 13 heavy (non-hydrogen) atoms. The van der Waals surface area contributed by atoms with E-state index in [4.69, 9.17) is 0 Å². The summed E-state index contributed by atoms with van der Waals surface area (Å²) in [6, 6.07) is 0. The molecule has 0 aromatic carbocycles. The molecule has 0 saturated carbocycles. The Morgan fingerprint density at radius 2 is 2.15 bits per heavy atom. The molecule has 0 bridgehead atoms. The minimum absolute atomic E-state index is 0.153. The molecule has 0 N–H and O–H groups in total. The van der Waals surface area contributed by atoms with Crippen molar-refractivity contribution in [2.45, 2.75) is 19.8 Å². The third kappa shape index (κ3) is 10.9. The van der Waals surface area contributed by atoms with Crippen LogP contribution in [-0.2, 0) is 19.6 Å². The van der Waals surface area contributed by atoms with Crippen molar-refractivity contribution in [2.24, 2.45) is 0 Å². The predicted octanol–water partition coefficient (Wildman–Crippen LogP) is -0.164. The van der Waals surface area contributed by atoms with Crippen molar-refractivity contribution < 1.29 is 22.5 Å². The summed E-state index contributed by atoms with van der Waals surface area (Å²) in [5, 5.41) is 0. The number of rotatable bonds is 3. The molecule has 74 valence electrons. The van der Waals surface area contributed by atoms with Crippen LogP contribution >= 0.6 is 0 Å². The Labute approximate surface area is 76.8 Å². The van der Waals surface area contributed by atoms with Gasteiger partial charge in [0.15, 0.2) is 0 Å². The van der Waals surface area contributed by atoms with Crippen LogP contribution in [0.5, 0.6) is 0 Å². The van der Waals surface area contributed by atoms with Gasteiger partial charge in [-0.2, -0.15) is 0 Å². The molecular weight excluding hydrogens is 196 g/mol. The Balaban J connectivity index is 3.55. The van der Waals surface area contributed by atoms with Crippen LogP contribution in [0.3, 0.4) is 0 Å². The molecule has 0 fully saturated rings. The molecule has 6 heteroatoms. The molecule has 0 aliphatic heterocycles. The Hall–Kier alpha value is -1.06. The van der Waals surface area contributed by atoms with Gasteiger partial charge in [0.25, 0.3) is 0 Å². The number of carbonyl (C=O) groups excluding carboxylic acids is 1. The fourth-order valence-electron chi connectivity index (χ4n) is 0.496. The van der Waals surface area contributed by atoms with Crippen LogP contribution in [0.15, 0.2) is 0 Å². The van der Waals surface area contributed by atoms with Crippen molar-refractivity contribution in [3.8, 4) is 12.0 Å². The predicted molar refractivity (Wildman–Crippen MR) is 43.3 cm³/mol. The molecule has 0 amide bonds. The largest absolute Gasteiger partial charge is 0.748 e. The summed E-state index contributed by atoms with van der Waals surface area (Å²) in [5.74, 6) is 1.43. The van der Waals surface area contributed by atoms with Gasteiger partial charge in [0.05, 0.1) is 10.1 Å². The summed E-state index contributed by atoms with van der Waals surface area (Å²) in [5.41, 5.74) is 0. The quantitative estimate of drug-likeness (QED) is 0.276. The molecule has 5 nitrogen and oxygen atoms in total. The first-order valence-electron chi connectivity index (χ1n) is 3.50. The highest BCUT2D eigenvalue weighted by molar-refractivity contribution is 7.85. The number of carbonyl (C=O) groups is 1. The molecule has 0 rings (SSSR count). The van der Waals surface area contributed by atoms with E-state index >= 15 is 0 Å². The second-order valence-corrected chi connectivity index (χ2v) is 3.76. The zero-order chi connectivity index (χ0) is 10.3. The Bertz CT molecular complexity index is 319. The molecule has 0 aromatic heterocycles. The van der Waals surface area contributed by atoms with Gasteiger partial charge in [-0.05, 0) is 6.42 Å². The topological polar surface area (TPSA) is 83.5 Å². The third-order valence-corrected chi connectivity index (χ3v) is 1.75. The van der Waals surface area contributed by atoms with Gasteiger partial charge >= 0.3 is 5.97 Å². The van der Waals surface area contributed by atoms with Crippen LogP contribution in [0, 0.1) is 12.0 Å². The Morgan fingerprint density at radius 3 is 2.62 bits per heavy atom. The Kier molecular flexibility index (Phi) is 5.11. The lowest BCUT2D eigenvalue weighted by Gasteiger charge is -2.02. The van der Waals surface area contributed by atoms with Gasteiger partial charge in [0.1, 0.15) is 6.11 Å². The molecule has 0 atom stereocenters. The number of hydrogen-bond acceptors (Lipinski definition) is 5. The minimum Gasteiger partial charge on any atom is -0.748 e. The molecule has 0 heterocycles. The first-order valence-corrected chi connectivity index (χ1v) is 5.08. The minimum atomic E-state index is -4.15. The van der Waals surface area contributed by atoms with Crippen molar-refractivity contribution in [2.75, 3.05) is 5.75 Å². The van der Waals surface area contributed by atoms with E-state index < -0.39 is 21.8 Å². The molecule has 0 spiro atoms. The summed E-state index contributed by atoms with van der Waals surface area (Å²) in [6.45, 7) is 1.21. The number of esters is 1. The van der Waals surface area contributed by atoms with Crippen molar-refractivity contribution in [1.29, 1.82) is 0 Å². The zero-order valence-electron chi connectivity index (χ0n) is 7.07. The van der Waals surface area contributed by atoms with Crippen LogP contribution in [0.1, 0.15) is 19.8 Å². The number of unbranched alkanes of at least 4 members (excludes halogenated alkanes) is 1. The molecule has 0 aromatic rings. The van der Waals surface area contributed by atoms with Crippen LogP contribution in [-0.4, -0.2) is 24.7 Å². The van der Waals surface area contributed by atoms with E-state index in [1.54, 1.807) is 0 Å². The second-order valence-electron chi connectivity index (χ2n) is 2.24. The first kappa shape index (κ1) is 11.9. The van der Waals surface area contributed by atoms with E-state index in [0.717, 1.165) is 0 Å². The van der Waals surface area contributed by atoms with Crippen molar-refractivity contribution in [1.82, 2.24) is 0 Å². The highest BCUT2D eigenvalue weighted by Crippen LogP contribution is 1.91. The van der Waals surface area contributed by atoms with Crippen molar-refractivity contribution >= 4 is 16.1 Å². The van der Waals surface area contributed by atoms with Gasteiger partial charge in [0.2, 0.25) is 0 Å². The summed E-state index contributed by atoms with van der Waals surface area (Å²) < 4.78 is 34.5. The second kappa shape index (κ2) is 5.56. The lowest BCUT2D eigenvalue weighted by atomic mass is 10.4. The van der Waals surface area contributed by atoms with E-state index in [1.807, 2.05) is 0 Å². The maximum absolute atomic E-state index is 10.2. The molecule has 0 aliphatic rings. The molecule has 0 unspecified atom stereocenters. The van der Waals surface area contributed by atoms with E-state index in [9.17, 15) is 17.8 Å². The summed E-state index contributed by atoms with van der Waals surface area (Å²) in [7, 11) is -4.15. The highest BCUT2D eigenvalue weighted by atomic mass is 32.2. The average Bonchev–Trinajstić information content (AvgIpc) is 1.93. The van der Waals surface area contributed by atoms with E-state index in [0.29, 0.717) is 0 Å². The maximum Gasteiger partial charge on any atom is 0.316 e. The van der Waals surface area contributed by atoms with Gasteiger partial charge in [-0.1, -0.05) is 5.92 Å². The highest BCUT2D eigenvalue weighted by Gasteiger charge is 1.92. The van der Waals surface area contributed by atoms with Gasteiger partial charge in [-0.3, -0.25) is 4.79 Å². The molecule has 0 aliphatic carbocycles. The van der Waals surface area contributed by atoms with Crippen LogP contribution in [0.25, 0.3) is 0 Å². The summed E-state index contributed by atoms with van der Waals surface area (Å²) in [4.78, 5) is 10.2. The van der Waals surface area contributed by atoms with Crippen LogP contribution in [0.4, 0.5) is 0 Å². The fourth-order valence-corrected chi connectivity index (χ4v) is 0.994.